The molecule has 1 aliphatic rings. The molecule has 4 heteroatoms. The van der Waals surface area contributed by atoms with Crippen LogP contribution in [0, 0.1) is 18.8 Å². The summed E-state index contributed by atoms with van der Waals surface area (Å²) < 4.78 is 5.53. The average molecular weight is 286 g/mol. The number of carbonyl (C=O) groups excluding carboxylic acids is 1. The van der Waals surface area contributed by atoms with Crippen molar-refractivity contribution in [1.82, 2.24) is 0 Å². The zero-order valence-electron chi connectivity index (χ0n) is 12.4. The normalized spacial score (nSPS) is 17.1. The lowest BCUT2D eigenvalue weighted by Crippen LogP contribution is -2.15. The Morgan fingerprint density at radius 2 is 2.38 bits per heavy atom. The number of amides is 1. The summed E-state index contributed by atoms with van der Waals surface area (Å²) >= 11 is 0. The van der Waals surface area contributed by atoms with Gasteiger partial charge in [-0.3, -0.25) is 4.79 Å². The van der Waals surface area contributed by atoms with Crippen LogP contribution in [0.15, 0.2) is 18.2 Å². The molecule has 0 spiro atoms. The molecule has 0 saturated carbocycles. The van der Waals surface area contributed by atoms with Gasteiger partial charge in [0.15, 0.2) is 0 Å². The Hall–Kier alpha value is -1.83. The Balaban J connectivity index is 1.92. The highest BCUT2D eigenvalue weighted by Gasteiger charge is 2.16. The van der Waals surface area contributed by atoms with Gasteiger partial charge in [0.2, 0.25) is 5.91 Å². The quantitative estimate of drug-likeness (QED) is 0.834. The van der Waals surface area contributed by atoms with E-state index in [9.17, 15) is 4.79 Å². The minimum atomic E-state index is 0.0255. The predicted octanol–water partition coefficient (Wildman–Crippen LogP) is 2.20. The van der Waals surface area contributed by atoms with Gasteiger partial charge in [-0.1, -0.05) is 17.9 Å². The van der Waals surface area contributed by atoms with E-state index >= 15 is 0 Å². The molecule has 0 aliphatic carbocycles. The minimum absolute atomic E-state index is 0.0255. The Kier molecular flexibility index (Phi) is 5.79. The van der Waals surface area contributed by atoms with Crippen LogP contribution in [-0.4, -0.2) is 25.2 Å². The van der Waals surface area contributed by atoms with Crippen molar-refractivity contribution < 1.29 is 9.53 Å². The number of carbonyl (C=O) groups is 1. The van der Waals surface area contributed by atoms with Gasteiger partial charge in [0, 0.05) is 24.3 Å². The second-order valence-corrected chi connectivity index (χ2v) is 5.26. The van der Waals surface area contributed by atoms with Crippen LogP contribution in [0.5, 0.6) is 0 Å². The van der Waals surface area contributed by atoms with Crippen molar-refractivity contribution in [3.63, 3.8) is 0 Å². The maximum Gasteiger partial charge on any atom is 0.224 e. The predicted molar refractivity (Wildman–Crippen MR) is 83.9 cm³/mol. The summed E-state index contributed by atoms with van der Waals surface area (Å²) in [6.45, 7) is 3.13. The summed E-state index contributed by atoms with van der Waals surface area (Å²) in [5.74, 6) is 5.82. The third-order valence-electron chi connectivity index (χ3n) is 3.56. The first-order valence-electron chi connectivity index (χ1n) is 7.40. The number of ether oxygens (including phenoxy) is 1. The maximum absolute atomic E-state index is 12.0. The van der Waals surface area contributed by atoms with Gasteiger partial charge >= 0.3 is 0 Å². The zero-order chi connectivity index (χ0) is 15.1. The molecular weight excluding hydrogens is 264 g/mol. The van der Waals surface area contributed by atoms with Crippen molar-refractivity contribution in [2.24, 2.45) is 5.73 Å². The van der Waals surface area contributed by atoms with Crippen LogP contribution in [0.3, 0.4) is 0 Å². The number of nitrogens with two attached hydrogens (primary N) is 1. The first kappa shape index (κ1) is 15.6. The van der Waals surface area contributed by atoms with E-state index in [0.29, 0.717) is 13.0 Å². The molecule has 1 unspecified atom stereocenters. The number of benzene rings is 1. The molecular formula is C17H22N2O2. The van der Waals surface area contributed by atoms with Crippen molar-refractivity contribution in [1.29, 1.82) is 0 Å². The summed E-state index contributed by atoms with van der Waals surface area (Å²) in [4.78, 5) is 12.0. The SMILES string of the molecule is Cc1ccc(C#CCN)cc1NC(=O)CCC1CCCO1. The number of hydrogen-bond acceptors (Lipinski definition) is 3. The lowest BCUT2D eigenvalue weighted by Gasteiger charge is -2.11. The van der Waals surface area contributed by atoms with Crippen molar-refractivity contribution in [3.8, 4) is 11.8 Å². The van der Waals surface area contributed by atoms with Crippen LogP contribution in [0.25, 0.3) is 0 Å². The number of anilines is 1. The Morgan fingerprint density at radius 1 is 1.52 bits per heavy atom. The number of nitrogens with one attached hydrogen (secondary N) is 1. The summed E-state index contributed by atoms with van der Waals surface area (Å²) in [6.07, 6.45) is 3.70. The summed E-state index contributed by atoms with van der Waals surface area (Å²) in [7, 11) is 0. The van der Waals surface area contributed by atoms with Crippen LogP contribution < -0.4 is 11.1 Å². The Bertz CT molecular complexity index is 552. The maximum atomic E-state index is 12.0. The number of rotatable bonds is 4. The zero-order valence-corrected chi connectivity index (χ0v) is 12.4. The molecule has 0 bridgehead atoms. The van der Waals surface area contributed by atoms with E-state index in [4.69, 9.17) is 10.5 Å². The fourth-order valence-corrected chi connectivity index (χ4v) is 2.36. The lowest BCUT2D eigenvalue weighted by atomic mass is 10.1. The van der Waals surface area contributed by atoms with Gasteiger partial charge in [-0.2, -0.15) is 0 Å². The highest BCUT2D eigenvalue weighted by molar-refractivity contribution is 5.91. The fourth-order valence-electron chi connectivity index (χ4n) is 2.36. The molecule has 1 aromatic rings. The molecule has 1 amide bonds. The van der Waals surface area contributed by atoms with Crippen molar-refractivity contribution in [2.75, 3.05) is 18.5 Å². The van der Waals surface area contributed by atoms with E-state index in [1.807, 2.05) is 25.1 Å². The van der Waals surface area contributed by atoms with Crippen molar-refractivity contribution in [2.45, 2.75) is 38.7 Å². The lowest BCUT2D eigenvalue weighted by molar-refractivity contribution is -0.116. The van der Waals surface area contributed by atoms with Crippen molar-refractivity contribution in [3.05, 3.63) is 29.3 Å². The van der Waals surface area contributed by atoms with Gasteiger partial charge in [-0.15, -0.1) is 0 Å². The first-order chi connectivity index (χ1) is 10.2. The standard InChI is InChI=1S/C17H22N2O2/c1-13-6-7-14(4-2-10-18)12-16(13)19-17(20)9-8-15-5-3-11-21-15/h6-7,12,15H,3,5,8-11,18H2,1H3,(H,19,20). The molecule has 1 heterocycles. The first-order valence-corrected chi connectivity index (χ1v) is 7.40. The van der Waals surface area contributed by atoms with Gasteiger partial charge in [-0.25, -0.2) is 0 Å². The van der Waals surface area contributed by atoms with E-state index in [-0.39, 0.29) is 12.0 Å². The summed E-state index contributed by atoms with van der Waals surface area (Å²) in [6, 6.07) is 5.78. The molecule has 1 aromatic carbocycles. The van der Waals surface area contributed by atoms with Gasteiger partial charge < -0.3 is 15.8 Å². The molecule has 1 atom stereocenters. The monoisotopic (exact) mass is 286 g/mol. The number of hydrogen-bond donors (Lipinski definition) is 2. The third kappa shape index (κ3) is 4.89. The van der Waals surface area contributed by atoms with E-state index in [1.54, 1.807) is 0 Å². The molecule has 1 aliphatic heterocycles. The van der Waals surface area contributed by atoms with Crippen molar-refractivity contribution >= 4 is 11.6 Å². The topological polar surface area (TPSA) is 64.3 Å². The van der Waals surface area contributed by atoms with Crippen LogP contribution in [0.4, 0.5) is 5.69 Å². The second-order valence-electron chi connectivity index (χ2n) is 5.26. The highest BCUT2D eigenvalue weighted by Crippen LogP contribution is 2.19. The second kappa shape index (κ2) is 7.82. The molecule has 0 aromatic heterocycles. The van der Waals surface area contributed by atoms with Crippen LogP contribution >= 0.6 is 0 Å². The van der Waals surface area contributed by atoms with Gasteiger partial charge in [0.25, 0.3) is 0 Å². The third-order valence-corrected chi connectivity index (χ3v) is 3.56. The molecule has 4 nitrogen and oxygen atoms in total. The van der Waals surface area contributed by atoms with E-state index in [1.165, 1.54) is 0 Å². The minimum Gasteiger partial charge on any atom is -0.378 e. The summed E-state index contributed by atoms with van der Waals surface area (Å²) in [5.41, 5.74) is 8.07. The van der Waals surface area contributed by atoms with Crippen LogP contribution in [0.2, 0.25) is 0 Å². The molecule has 1 fully saturated rings. The van der Waals surface area contributed by atoms with Gasteiger partial charge in [0.05, 0.1) is 12.6 Å². The van der Waals surface area contributed by atoms with Gasteiger partial charge in [0.1, 0.15) is 0 Å². The molecule has 2 rings (SSSR count). The highest BCUT2D eigenvalue weighted by atomic mass is 16.5. The van der Waals surface area contributed by atoms with E-state index in [2.05, 4.69) is 17.2 Å². The average Bonchev–Trinajstić information content (AvgIpc) is 2.99. The largest absolute Gasteiger partial charge is 0.378 e. The Labute approximate surface area is 126 Å². The van der Waals surface area contributed by atoms with E-state index in [0.717, 1.165) is 42.7 Å². The summed E-state index contributed by atoms with van der Waals surface area (Å²) in [5, 5.41) is 2.96. The smallest absolute Gasteiger partial charge is 0.224 e. The number of aryl methyl sites for hydroxylation is 1. The Morgan fingerprint density at radius 3 is 3.10 bits per heavy atom. The molecule has 0 radical (unpaired) electrons. The van der Waals surface area contributed by atoms with E-state index < -0.39 is 0 Å². The molecule has 3 N–H and O–H groups in total. The molecule has 112 valence electrons. The van der Waals surface area contributed by atoms with Crippen LogP contribution in [0.1, 0.15) is 36.8 Å². The molecule has 1 saturated heterocycles. The molecule has 21 heavy (non-hydrogen) atoms. The fraction of sp³-hybridized carbons (Fsp3) is 0.471. The van der Waals surface area contributed by atoms with Crippen LogP contribution in [-0.2, 0) is 9.53 Å². The van der Waals surface area contributed by atoms with Gasteiger partial charge in [-0.05, 0) is 43.9 Å².